The molecular weight excluding hydrogens is 360 g/mol. The Morgan fingerprint density at radius 2 is 1.72 bits per heavy atom. The SMILES string of the molecule is COc1ccccc1N1CCN(CC2CCCCC2(O)c2ccc(C)cc2)CC1. The van der Waals surface area contributed by atoms with Crippen LogP contribution in [-0.4, -0.2) is 49.8 Å². The smallest absolute Gasteiger partial charge is 0.142 e. The van der Waals surface area contributed by atoms with E-state index in [0.717, 1.165) is 63.3 Å². The van der Waals surface area contributed by atoms with E-state index in [2.05, 4.69) is 53.1 Å². The van der Waals surface area contributed by atoms with Crippen molar-refractivity contribution in [3.8, 4) is 5.75 Å². The number of piperazine rings is 1. The first kappa shape index (κ1) is 20.2. The second-order valence-corrected chi connectivity index (χ2v) is 8.69. The van der Waals surface area contributed by atoms with Gasteiger partial charge in [0, 0.05) is 38.6 Å². The van der Waals surface area contributed by atoms with E-state index in [-0.39, 0.29) is 0 Å². The number of anilines is 1. The summed E-state index contributed by atoms with van der Waals surface area (Å²) in [6.07, 6.45) is 4.32. The van der Waals surface area contributed by atoms with E-state index in [9.17, 15) is 5.11 Å². The fourth-order valence-electron chi connectivity index (χ4n) is 5.07. The predicted octanol–water partition coefficient (Wildman–Crippen LogP) is 4.20. The summed E-state index contributed by atoms with van der Waals surface area (Å²) in [5.74, 6) is 1.25. The van der Waals surface area contributed by atoms with Crippen molar-refractivity contribution in [3.63, 3.8) is 0 Å². The first-order valence-electron chi connectivity index (χ1n) is 11.0. The van der Waals surface area contributed by atoms with Crippen LogP contribution in [0.4, 0.5) is 5.69 Å². The molecule has 1 saturated carbocycles. The van der Waals surface area contributed by atoms with Crippen molar-refractivity contribution in [2.24, 2.45) is 5.92 Å². The van der Waals surface area contributed by atoms with Gasteiger partial charge in [-0.15, -0.1) is 0 Å². The first-order chi connectivity index (χ1) is 14.1. The molecule has 4 nitrogen and oxygen atoms in total. The van der Waals surface area contributed by atoms with E-state index in [0.29, 0.717) is 5.92 Å². The molecule has 0 radical (unpaired) electrons. The molecule has 2 aromatic rings. The molecule has 2 unspecified atom stereocenters. The van der Waals surface area contributed by atoms with E-state index in [1.807, 2.05) is 12.1 Å². The van der Waals surface area contributed by atoms with Gasteiger partial charge in [0.2, 0.25) is 0 Å². The summed E-state index contributed by atoms with van der Waals surface area (Å²) in [4.78, 5) is 4.96. The molecule has 2 atom stereocenters. The third-order valence-corrected chi connectivity index (χ3v) is 6.86. The number of aliphatic hydroxyl groups is 1. The minimum atomic E-state index is -0.689. The average Bonchev–Trinajstić information content (AvgIpc) is 2.76. The average molecular weight is 395 g/mol. The summed E-state index contributed by atoms with van der Waals surface area (Å²) in [6, 6.07) is 16.8. The number of ether oxygens (including phenoxy) is 1. The highest BCUT2D eigenvalue weighted by Gasteiger charge is 2.41. The number of para-hydroxylation sites is 2. The van der Waals surface area contributed by atoms with Crippen molar-refractivity contribution in [3.05, 3.63) is 59.7 Å². The molecule has 2 fully saturated rings. The lowest BCUT2D eigenvalue weighted by atomic mass is 9.71. The largest absolute Gasteiger partial charge is 0.495 e. The van der Waals surface area contributed by atoms with Gasteiger partial charge in [-0.1, -0.05) is 54.8 Å². The minimum absolute atomic E-state index is 0.303. The van der Waals surface area contributed by atoms with Gasteiger partial charge in [-0.2, -0.15) is 0 Å². The second kappa shape index (κ2) is 8.76. The van der Waals surface area contributed by atoms with Crippen LogP contribution in [0.2, 0.25) is 0 Å². The highest BCUT2D eigenvalue weighted by Crippen LogP contribution is 2.42. The lowest BCUT2D eigenvalue weighted by Gasteiger charge is -2.44. The van der Waals surface area contributed by atoms with Crippen LogP contribution in [0.1, 0.15) is 36.8 Å². The normalized spacial score (nSPS) is 25.8. The number of nitrogens with zero attached hydrogens (tertiary/aromatic N) is 2. The Morgan fingerprint density at radius 3 is 2.45 bits per heavy atom. The number of methoxy groups -OCH3 is 1. The van der Waals surface area contributed by atoms with E-state index < -0.39 is 5.60 Å². The zero-order valence-corrected chi connectivity index (χ0v) is 17.8. The van der Waals surface area contributed by atoms with E-state index in [1.54, 1.807) is 7.11 Å². The third-order valence-electron chi connectivity index (χ3n) is 6.86. The first-order valence-corrected chi connectivity index (χ1v) is 11.0. The van der Waals surface area contributed by atoms with Gasteiger partial charge in [-0.3, -0.25) is 4.90 Å². The topological polar surface area (TPSA) is 35.9 Å². The molecule has 1 heterocycles. The van der Waals surface area contributed by atoms with Gasteiger partial charge in [0.05, 0.1) is 18.4 Å². The number of benzene rings is 2. The molecule has 156 valence electrons. The van der Waals surface area contributed by atoms with E-state index in [4.69, 9.17) is 4.74 Å². The Hall–Kier alpha value is -2.04. The zero-order chi connectivity index (χ0) is 20.3. The number of hydrogen-bond acceptors (Lipinski definition) is 4. The molecule has 2 aliphatic rings. The molecule has 0 aromatic heterocycles. The lowest BCUT2D eigenvalue weighted by Crippen LogP contribution is -2.51. The molecule has 1 aliphatic heterocycles. The summed E-state index contributed by atoms with van der Waals surface area (Å²) in [7, 11) is 1.74. The van der Waals surface area contributed by atoms with Crippen LogP contribution in [0.5, 0.6) is 5.75 Å². The van der Waals surface area contributed by atoms with Crippen LogP contribution >= 0.6 is 0 Å². The molecule has 29 heavy (non-hydrogen) atoms. The quantitative estimate of drug-likeness (QED) is 0.824. The van der Waals surface area contributed by atoms with Crippen LogP contribution in [0.15, 0.2) is 48.5 Å². The maximum Gasteiger partial charge on any atom is 0.142 e. The van der Waals surface area contributed by atoms with Crippen LogP contribution < -0.4 is 9.64 Å². The monoisotopic (exact) mass is 394 g/mol. The molecule has 0 spiro atoms. The van der Waals surface area contributed by atoms with Crippen molar-refractivity contribution in [2.75, 3.05) is 44.7 Å². The molecule has 1 saturated heterocycles. The molecule has 1 N–H and O–H groups in total. The van der Waals surface area contributed by atoms with Gasteiger partial charge in [-0.25, -0.2) is 0 Å². The molecule has 1 aliphatic carbocycles. The molecule has 0 bridgehead atoms. The number of hydrogen-bond donors (Lipinski definition) is 1. The maximum absolute atomic E-state index is 11.7. The van der Waals surface area contributed by atoms with Crippen LogP contribution in [0.3, 0.4) is 0 Å². The Morgan fingerprint density at radius 1 is 1.00 bits per heavy atom. The Labute approximate surface area is 175 Å². The zero-order valence-electron chi connectivity index (χ0n) is 17.8. The minimum Gasteiger partial charge on any atom is -0.495 e. The van der Waals surface area contributed by atoms with E-state index in [1.165, 1.54) is 17.7 Å². The van der Waals surface area contributed by atoms with Crippen LogP contribution in [0.25, 0.3) is 0 Å². The molecule has 2 aromatic carbocycles. The molecule has 4 rings (SSSR count). The summed E-state index contributed by atoms with van der Waals surface area (Å²) in [6.45, 7) is 7.13. The van der Waals surface area contributed by atoms with Crippen molar-refractivity contribution in [1.82, 2.24) is 4.90 Å². The van der Waals surface area contributed by atoms with Crippen molar-refractivity contribution < 1.29 is 9.84 Å². The summed E-state index contributed by atoms with van der Waals surface area (Å²) < 4.78 is 5.54. The van der Waals surface area contributed by atoms with E-state index >= 15 is 0 Å². The second-order valence-electron chi connectivity index (χ2n) is 8.69. The lowest BCUT2D eigenvalue weighted by molar-refractivity contribution is -0.0660. The molecule has 4 heteroatoms. The summed E-state index contributed by atoms with van der Waals surface area (Å²) in [5, 5.41) is 11.7. The highest BCUT2D eigenvalue weighted by atomic mass is 16.5. The van der Waals surface area contributed by atoms with Gasteiger partial charge >= 0.3 is 0 Å². The van der Waals surface area contributed by atoms with Crippen molar-refractivity contribution in [1.29, 1.82) is 0 Å². The Bertz CT molecular complexity index is 799. The third kappa shape index (κ3) is 4.29. The molecule has 0 amide bonds. The van der Waals surface area contributed by atoms with Gasteiger partial charge in [0.1, 0.15) is 5.75 Å². The van der Waals surface area contributed by atoms with Crippen molar-refractivity contribution in [2.45, 2.75) is 38.2 Å². The Balaban J connectivity index is 1.42. The van der Waals surface area contributed by atoms with Crippen molar-refractivity contribution >= 4 is 5.69 Å². The summed E-state index contributed by atoms with van der Waals surface area (Å²) >= 11 is 0. The maximum atomic E-state index is 11.7. The Kier molecular flexibility index (Phi) is 6.12. The fraction of sp³-hybridized carbons (Fsp3) is 0.520. The molecular formula is C25H34N2O2. The van der Waals surface area contributed by atoms with Gasteiger partial charge < -0.3 is 14.7 Å². The van der Waals surface area contributed by atoms with Gasteiger partial charge in [-0.05, 0) is 37.5 Å². The fourth-order valence-corrected chi connectivity index (χ4v) is 5.07. The van der Waals surface area contributed by atoms with Crippen LogP contribution in [0, 0.1) is 12.8 Å². The number of rotatable bonds is 5. The van der Waals surface area contributed by atoms with Gasteiger partial charge in [0.15, 0.2) is 0 Å². The standard InChI is InChI=1S/C25H34N2O2/c1-20-10-12-21(13-11-20)25(28)14-6-5-7-22(25)19-26-15-17-27(18-16-26)23-8-3-4-9-24(23)29-2/h3-4,8-13,22,28H,5-7,14-19H2,1-2H3. The number of aryl methyl sites for hydroxylation is 1. The van der Waals surface area contributed by atoms with Crippen LogP contribution in [-0.2, 0) is 5.60 Å². The summed E-state index contributed by atoms with van der Waals surface area (Å²) in [5.41, 5.74) is 2.84. The predicted molar refractivity (Wildman–Crippen MR) is 119 cm³/mol. The van der Waals surface area contributed by atoms with Gasteiger partial charge in [0.25, 0.3) is 0 Å². The highest BCUT2D eigenvalue weighted by molar-refractivity contribution is 5.58.